The Morgan fingerprint density at radius 2 is 2.13 bits per heavy atom. The number of ether oxygens (including phenoxy) is 1. The first-order valence-electron chi connectivity index (χ1n) is 5.25. The molecule has 0 spiro atoms. The monoisotopic (exact) mass is 290 g/mol. The van der Waals surface area contributed by atoms with Gasteiger partial charge in [0, 0.05) is 4.47 Å². The van der Waals surface area contributed by atoms with Crippen molar-refractivity contribution in [3.63, 3.8) is 0 Å². The van der Waals surface area contributed by atoms with Gasteiger partial charge >= 0.3 is 0 Å². The van der Waals surface area contributed by atoms with E-state index in [2.05, 4.69) is 22.9 Å². The van der Waals surface area contributed by atoms with Gasteiger partial charge in [-0.25, -0.2) is 0 Å². The Balaban J connectivity index is 2.82. The van der Waals surface area contributed by atoms with E-state index in [-0.39, 0.29) is 5.38 Å². The van der Waals surface area contributed by atoms with E-state index >= 15 is 0 Å². The van der Waals surface area contributed by atoms with Crippen molar-refractivity contribution >= 4 is 27.5 Å². The van der Waals surface area contributed by atoms with Crippen LogP contribution in [0.2, 0.25) is 0 Å². The van der Waals surface area contributed by atoms with E-state index in [0.29, 0.717) is 6.61 Å². The summed E-state index contributed by atoms with van der Waals surface area (Å²) in [6.45, 7) is 4.80. The minimum absolute atomic E-state index is 0.0834. The van der Waals surface area contributed by atoms with Crippen LogP contribution in [0.25, 0.3) is 0 Å². The van der Waals surface area contributed by atoms with Crippen LogP contribution in [-0.4, -0.2) is 6.61 Å². The standard InChI is InChI=1S/C12H16BrClO/c1-3-5-12(14)10-7-6-9(15-4-2)8-11(10)13/h6-8,12H,3-5H2,1-2H3. The second kappa shape index (κ2) is 6.39. The van der Waals surface area contributed by atoms with Crippen LogP contribution in [0.15, 0.2) is 22.7 Å². The van der Waals surface area contributed by atoms with Crippen LogP contribution < -0.4 is 4.74 Å². The topological polar surface area (TPSA) is 9.23 Å². The summed E-state index contributed by atoms with van der Waals surface area (Å²) in [5.41, 5.74) is 1.14. The first-order chi connectivity index (χ1) is 7.19. The fraction of sp³-hybridized carbons (Fsp3) is 0.500. The third-order valence-corrected chi connectivity index (χ3v) is 3.30. The zero-order valence-corrected chi connectivity index (χ0v) is 11.4. The summed E-state index contributed by atoms with van der Waals surface area (Å²) in [6.07, 6.45) is 2.09. The molecule has 1 atom stereocenters. The van der Waals surface area contributed by atoms with Gasteiger partial charge in [0.05, 0.1) is 12.0 Å². The van der Waals surface area contributed by atoms with Crippen molar-refractivity contribution in [1.29, 1.82) is 0 Å². The second-order valence-corrected chi connectivity index (χ2v) is 4.75. The summed E-state index contributed by atoms with van der Waals surface area (Å²) in [4.78, 5) is 0. The molecule has 0 bridgehead atoms. The van der Waals surface area contributed by atoms with Gasteiger partial charge in [-0.15, -0.1) is 11.6 Å². The molecule has 0 aliphatic heterocycles. The predicted molar refractivity (Wildman–Crippen MR) is 68.8 cm³/mol. The van der Waals surface area contributed by atoms with Crippen molar-refractivity contribution in [3.8, 4) is 5.75 Å². The summed E-state index contributed by atoms with van der Waals surface area (Å²) in [5, 5.41) is 0.0834. The minimum Gasteiger partial charge on any atom is -0.494 e. The Morgan fingerprint density at radius 3 is 2.67 bits per heavy atom. The fourth-order valence-electron chi connectivity index (χ4n) is 1.43. The molecule has 0 fully saturated rings. The van der Waals surface area contributed by atoms with E-state index < -0.39 is 0 Å². The maximum Gasteiger partial charge on any atom is 0.120 e. The number of benzene rings is 1. The summed E-state index contributed by atoms with van der Waals surface area (Å²) >= 11 is 9.79. The number of alkyl halides is 1. The van der Waals surface area contributed by atoms with Gasteiger partial charge < -0.3 is 4.74 Å². The highest BCUT2D eigenvalue weighted by Crippen LogP contribution is 2.33. The largest absolute Gasteiger partial charge is 0.494 e. The highest BCUT2D eigenvalue weighted by molar-refractivity contribution is 9.10. The van der Waals surface area contributed by atoms with Gasteiger partial charge in [0.2, 0.25) is 0 Å². The van der Waals surface area contributed by atoms with E-state index in [1.165, 1.54) is 0 Å². The summed E-state index contributed by atoms with van der Waals surface area (Å²) in [6, 6.07) is 5.97. The molecule has 0 saturated carbocycles. The predicted octanol–water partition coefficient (Wildman–Crippen LogP) is 4.93. The van der Waals surface area contributed by atoms with Crippen molar-refractivity contribution < 1.29 is 4.74 Å². The molecule has 1 nitrogen and oxygen atoms in total. The van der Waals surface area contributed by atoms with Crippen molar-refractivity contribution in [3.05, 3.63) is 28.2 Å². The lowest BCUT2D eigenvalue weighted by atomic mass is 10.1. The molecule has 0 saturated heterocycles. The average molecular weight is 292 g/mol. The van der Waals surface area contributed by atoms with Crippen LogP contribution >= 0.6 is 27.5 Å². The van der Waals surface area contributed by atoms with Crippen molar-refractivity contribution in [2.45, 2.75) is 32.1 Å². The smallest absolute Gasteiger partial charge is 0.120 e. The molecular weight excluding hydrogens is 275 g/mol. The molecule has 0 amide bonds. The van der Waals surface area contributed by atoms with E-state index in [9.17, 15) is 0 Å². The van der Waals surface area contributed by atoms with Crippen LogP contribution in [0.1, 0.15) is 37.6 Å². The Bertz CT molecular complexity index is 314. The number of halogens is 2. The average Bonchev–Trinajstić information content (AvgIpc) is 2.18. The summed E-state index contributed by atoms with van der Waals surface area (Å²) < 4.78 is 6.44. The number of hydrogen-bond donors (Lipinski definition) is 0. The van der Waals surface area contributed by atoms with Gasteiger partial charge in [0.1, 0.15) is 5.75 Å². The van der Waals surface area contributed by atoms with Crippen molar-refractivity contribution in [1.82, 2.24) is 0 Å². The molecule has 1 aromatic carbocycles. The van der Waals surface area contributed by atoms with Gasteiger partial charge in [-0.2, -0.15) is 0 Å². The van der Waals surface area contributed by atoms with Crippen LogP contribution in [0.4, 0.5) is 0 Å². The van der Waals surface area contributed by atoms with Crippen LogP contribution in [-0.2, 0) is 0 Å². The zero-order valence-electron chi connectivity index (χ0n) is 9.09. The normalized spacial score (nSPS) is 12.5. The molecule has 0 aliphatic carbocycles. The fourth-order valence-corrected chi connectivity index (χ4v) is 2.60. The third-order valence-electron chi connectivity index (χ3n) is 2.16. The van der Waals surface area contributed by atoms with Crippen LogP contribution in [0.3, 0.4) is 0 Å². The molecule has 0 heterocycles. The van der Waals surface area contributed by atoms with Gasteiger partial charge in [-0.05, 0) is 31.0 Å². The molecule has 1 rings (SSSR count). The summed E-state index contributed by atoms with van der Waals surface area (Å²) in [5.74, 6) is 0.883. The lowest BCUT2D eigenvalue weighted by Crippen LogP contribution is -1.95. The maximum absolute atomic E-state index is 6.27. The molecule has 1 aromatic rings. The minimum atomic E-state index is 0.0834. The molecule has 0 aromatic heterocycles. The molecule has 1 unspecified atom stereocenters. The van der Waals surface area contributed by atoms with Crippen molar-refractivity contribution in [2.24, 2.45) is 0 Å². The Morgan fingerprint density at radius 1 is 1.40 bits per heavy atom. The molecule has 15 heavy (non-hydrogen) atoms. The van der Waals surface area contributed by atoms with Crippen LogP contribution in [0, 0.1) is 0 Å². The first kappa shape index (κ1) is 12.9. The Labute approximate surface area is 105 Å². The quantitative estimate of drug-likeness (QED) is 0.699. The summed E-state index contributed by atoms with van der Waals surface area (Å²) in [7, 11) is 0. The zero-order chi connectivity index (χ0) is 11.3. The van der Waals surface area contributed by atoms with Gasteiger partial charge in [-0.3, -0.25) is 0 Å². The highest BCUT2D eigenvalue weighted by Gasteiger charge is 2.11. The first-order valence-corrected chi connectivity index (χ1v) is 6.48. The number of hydrogen-bond acceptors (Lipinski definition) is 1. The van der Waals surface area contributed by atoms with Gasteiger partial charge in [0.25, 0.3) is 0 Å². The second-order valence-electron chi connectivity index (χ2n) is 3.37. The van der Waals surface area contributed by atoms with E-state index in [4.69, 9.17) is 16.3 Å². The SMILES string of the molecule is CCCC(Cl)c1ccc(OCC)cc1Br. The molecule has 3 heteroatoms. The lowest BCUT2D eigenvalue weighted by Gasteiger charge is -2.12. The molecule has 84 valence electrons. The van der Waals surface area contributed by atoms with Crippen LogP contribution in [0.5, 0.6) is 5.75 Å². The Hall–Kier alpha value is -0.210. The highest BCUT2D eigenvalue weighted by atomic mass is 79.9. The van der Waals surface area contributed by atoms with Gasteiger partial charge in [0.15, 0.2) is 0 Å². The van der Waals surface area contributed by atoms with E-state index in [0.717, 1.165) is 28.6 Å². The number of rotatable bonds is 5. The molecule has 0 radical (unpaired) electrons. The van der Waals surface area contributed by atoms with Gasteiger partial charge in [-0.1, -0.05) is 35.3 Å². The molecule has 0 N–H and O–H groups in total. The molecular formula is C12H16BrClO. The molecule has 0 aliphatic rings. The van der Waals surface area contributed by atoms with E-state index in [1.54, 1.807) is 0 Å². The maximum atomic E-state index is 6.27. The lowest BCUT2D eigenvalue weighted by molar-refractivity contribution is 0.340. The van der Waals surface area contributed by atoms with Crippen molar-refractivity contribution in [2.75, 3.05) is 6.61 Å². The third kappa shape index (κ3) is 3.69. The van der Waals surface area contributed by atoms with E-state index in [1.807, 2.05) is 25.1 Å². The Kier molecular flexibility index (Phi) is 5.48.